The lowest BCUT2D eigenvalue weighted by atomic mass is 10.2. The third kappa shape index (κ3) is 4.29. The maximum atomic E-state index is 10.7. The summed E-state index contributed by atoms with van der Waals surface area (Å²) in [6.45, 7) is 1.56. The van der Waals surface area contributed by atoms with Gasteiger partial charge in [0.25, 0.3) is 0 Å². The number of halogens is 1. The minimum Gasteiger partial charge on any atom is -0.506 e. The first-order chi connectivity index (χ1) is 7.61. The van der Waals surface area contributed by atoms with E-state index in [9.17, 15) is 9.90 Å². The van der Waals surface area contributed by atoms with Gasteiger partial charge in [-0.05, 0) is 18.1 Å². The average molecular weight is 257 g/mol. The summed E-state index contributed by atoms with van der Waals surface area (Å²) in [7, 11) is 0. The number of phenols is 1. The van der Waals surface area contributed by atoms with Crippen LogP contribution in [0.4, 0.5) is 0 Å². The van der Waals surface area contributed by atoms with Crippen molar-refractivity contribution in [3.05, 3.63) is 34.9 Å². The maximum Gasteiger partial charge on any atom is 0.185 e. The molecule has 0 radical (unpaired) electrons. The van der Waals surface area contributed by atoms with Gasteiger partial charge in [-0.15, -0.1) is 0 Å². The molecule has 16 heavy (non-hydrogen) atoms. The number of phenolic OH excluding ortho intramolecular Hbond substituents is 1. The van der Waals surface area contributed by atoms with Crippen LogP contribution >= 0.6 is 23.4 Å². The van der Waals surface area contributed by atoms with E-state index in [1.54, 1.807) is 19.1 Å². The van der Waals surface area contributed by atoms with E-state index in [-0.39, 0.29) is 10.9 Å². The van der Waals surface area contributed by atoms with Gasteiger partial charge in [0.15, 0.2) is 5.12 Å². The lowest BCUT2D eigenvalue weighted by Crippen LogP contribution is -1.83. The predicted molar refractivity (Wildman–Crippen MR) is 69.9 cm³/mol. The minimum absolute atomic E-state index is 0.0851. The Morgan fingerprint density at radius 1 is 1.56 bits per heavy atom. The van der Waals surface area contributed by atoms with E-state index in [1.807, 2.05) is 18.2 Å². The van der Waals surface area contributed by atoms with Crippen LogP contribution in [0.5, 0.6) is 5.75 Å². The van der Waals surface area contributed by atoms with Crippen LogP contribution in [0.2, 0.25) is 5.02 Å². The topological polar surface area (TPSA) is 37.3 Å². The van der Waals surface area contributed by atoms with Gasteiger partial charge in [0.1, 0.15) is 5.75 Å². The zero-order valence-corrected chi connectivity index (χ0v) is 10.5. The van der Waals surface area contributed by atoms with E-state index < -0.39 is 0 Å². The van der Waals surface area contributed by atoms with E-state index in [0.29, 0.717) is 5.02 Å². The molecule has 0 spiro atoms. The van der Waals surface area contributed by atoms with E-state index in [1.165, 1.54) is 11.8 Å². The third-order valence-corrected chi connectivity index (χ3v) is 3.15. The molecule has 0 aromatic heterocycles. The molecule has 1 aromatic carbocycles. The van der Waals surface area contributed by atoms with Crippen LogP contribution in [-0.4, -0.2) is 16.0 Å². The zero-order chi connectivity index (χ0) is 12.0. The molecular formula is C12H13ClO2S. The Bertz CT molecular complexity index is 402. The minimum atomic E-state index is 0.0851. The van der Waals surface area contributed by atoms with Crippen molar-refractivity contribution in [1.29, 1.82) is 0 Å². The fourth-order valence-corrected chi connectivity index (χ4v) is 1.88. The molecule has 0 aliphatic rings. The van der Waals surface area contributed by atoms with Gasteiger partial charge in [-0.1, -0.05) is 47.6 Å². The quantitative estimate of drug-likeness (QED) is 0.834. The molecule has 1 aromatic rings. The van der Waals surface area contributed by atoms with Crippen LogP contribution in [0.15, 0.2) is 24.3 Å². The fraction of sp³-hybridized carbons (Fsp3) is 0.250. The summed E-state index contributed by atoms with van der Waals surface area (Å²) < 4.78 is 0. The summed E-state index contributed by atoms with van der Waals surface area (Å²) in [6.07, 6.45) is 4.59. The Kier molecular flexibility index (Phi) is 5.43. The van der Waals surface area contributed by atoms with Crippen LogP contribution < -0.4 is 0 Å². The van der Waals surface area contributed by atoms with Crippen molar-refractivity contribution < 1.29 is 9.90 Å². The van der Waals surface area contributed by atoms with Gasteiger partial charge in [0.05, 0.1) is 5.02 Å². The summed E-state index contributed by atoms with van der Waals surface area (Å²) >= 11 is 7.20. The number of benzene rings is 1. The Morgan fingerprint density at radius 3 is 3.00 bits per heavy atom. The van der Waals surface area contributed by atoms with E-state index >= 15 is 0 Å². The Balaban J connectivity index is 2.50. The number of carbonyl (C=O) groups is 1. The van der Waals surface area contributed by atoms with E-state index in [2.05, 4.69) is 0 Å². The van der Waals surface area contributed by atoms with Gasteiger partial charge in [0.2, 0.25) is 0 Å². The summed E-state index contributed by atoms with van der Waals surface area (Å²) in [4.78, 5) is 10.7. The van der Waals surface area contributed by atoms with Gasteiger partial charge in [-0.25, -0.2) is 0 Å². The molecule has 0 fully saturated rings. The smallest absolute Gasteiger partial charge is 0.185 e. The molecule has 0 amide bonds. The molecule has 0 unspecified atom stereocenters. The standard InChI is InChI=1S/C12H13ClO2S/c1-9(14)16-8-3-2-5-10-6-4-7-11(15)12(10)13/h2,4-7,15H,3,8H2,1H3. The number of allylic oxidation sites excluding steroid dienone is 1. The summed E-state index contributed by atoms with van der Waals surface area (Å²) in [6, 6.07) is 5.12. The Labute approximate surface area is 104 Å². The highest BCUT2D eigenvalue weighted by Crippen LogP contribution is 2.27. The normalized spacial score (nSPS) is 10.9. The van der Waals surface area contributed by atoms with Crippen LogP contribution in [0.25, 0.3) is 6.08 Å². The fourth-order valence-electron chi connectivity index (χ4n) is 1.15. The Hall–Kier alpha value is -0.930. The lowest BCUT2D eigenvalue weighted by molar-refractivity contribution is -0.109. The predicted octanol–water partition coefficient (Wildman–Crippen LogP) is 3.73. The number of aromatic hydroxyl groups is 1. The van der Waals surface area contributed by atoms with Gasteiger partial charge in [-0.3, -0.25) is 4.79 Å². The second-order valence-electron chi connectivity index (χ2n) is 3.21. The van der Waals surface area contributed by atoms with Crippen LogP contribution in [0.1, 0.15) is 18.9 Å². The van der Waals surface area contributed by atoms with E-state index in [4.69, 9.17) is 11.6 Å². The molecule has 1 rings (SSSR count). The van der Waals surface area contributed by atoms with Crippen molar-refractivity contribution in [2.45, 2.75) is 13.3 Å². The second kappa shape index (κ2) is 6.61. The zero-order valence-electron chi connectivity index (χ0n) is 8.94. The monoisotopic (exact) mass is 256 g/mol. The number of rotatable bonds is 4. The third-order valence-electron chi connectivity index (χ3n) is 1.90. The molecule has 0 aliphatic heterocycles. The first-order valence-electron chi connectivity index (χ1n) is 4.88. The van der Waals surface area contributed by atoms with Crippen molar-refractivity contribution >= 4 is 34.6 Å². The van der Waals surface area contributed by atoms with Crippen molar-refractivity contribution in [1.82, 2.24) is 0 Å². The highest BCUT2D eigenvalue weighted by Gasteiger charge is 2.00. The van der Waals surface area contributed by atoms with Crippen LogP contribution in [0, 0.1) is 0 Å². The maximum absolute atomic E-state index is 10.7. The van der Waals surface area contributed by atoms with Crippen LogP contribution in [0.3, 0.4) is 0 Å². The average Bonchev–Trinajstić information content (AvgIpc) is 2.23. The number of thioether (sulfide) groups is 1. The summed E-state index contributed by atoms with van der Waals surface area (Å²) in [5.41, 5.74) is 0.787. The number of carbonyl (C=O) groups excluding carboxylic acids is 1. The van der Waals surface area contributed by atoms with Crippen molar-refractivity contribution in [2.24, 2.45) is 0 Å². The van der Waals surface area contributed by atoms with Gasteiger partial charge in [-0.2, -0.15) is 0 Å². The van der Waals surface area contributed by atoms with Crippen molar-refractivity contribution in [2.75, 3.05) is 5.75 Å². The molecule has 0 saturated carbocycles. The van der Waals surface area contributed by atoms with Gasteiger partial charge in [0, 0.05) is 12.7 Å². The van der Waals surface area contributed by atoms with Crippen LogP contribution in [-0.2, 0) is 4.79 Å². The second-order valence-corrected chi connectivity index (χ2v) is 4.86. The molecule has 86 valence electrons. The molecule has 0 saturated heterocycles. The molecule has 1 N–H and O–H groups in total. The molecule has 0 heterocycles. The summed E-state index contributed by atoms with van der Waals surface area (Å²) in [5, 5.41) is 9.85. The van der Waals surface area contributed by atoms with Gasteiger partial charge < -0.3 is 5.11 Å². The van der Waals surface area contributed by atoms with Crippen molar-refractivity contribution in [3.8, 4) is 5.75 Å². The van der Waals surface area contributed by atoms with E-state index in [0.717, 1.165) is 17.7 Å². The lowest BCUT2D eigenvalue weighted by Gasteiger charge is -2.00. The molecule has 4 heteroatoms. The first-order valence-corrected chi connectivity index (χ1v) is 6.25. The molecule has 0 bridgehead atoms. The van der Waals surface area contributed by atoms with Crippen molar-refractivity contribution in [3.63, 3.8) is 0 Å². The highest BCUT2D eigenvalue weighted by molar-refractivity contribution is 8.13. The summed E-state index contributed by atoms with van der Waals surface area (Å²) in [5.74, 6) is 0.851. The SMILES string of the molecule is CC(=O)SCCC=Cc1cccc(O)c1Cl. The van der Waals surface area contributed by atoms with Gasteiger partial charge >= 0.3 is 0 Å². The molecular weight excluding hydrogens is 244 g/mol. The largest absolute Gasteiger partial charge is 0.506 e. The first kappa shape index (κ1) is 13.1. The molecule has 0 aliphatic carbocycles. The highest BCUT2D eigenvalue weighted by atomic mass is 35.5. The molecule has 0 atom stereocenters. The molecule has 2 nitrogen and oxygen atoms in total. The Morgan fingerprint density at radius 2 is 2.31 bits per heavy atom. The number of hydrogen-bond acceptors (Lipinski definition) is 3. The number of hydrogen-bond donors (Lipinski definition) is 1.